The van der Waals surface area contributed by atoms with Crippen LogP contribution in [0.1, 0.15) is 37.8 Å². The van der Waals surface area contributed by atoms with E-state index in [0.717, 1.165) is 5.56 Å². The van der Waals surface area contributed by atoms with Crippen molar-refractivity contribution in [2.45, 2.75) is 38.5 Å². The Balaban J connectivity index is 1.92. The quantitative estimate of drug-likeness (QED) is 0.773. The zero-order chi connectivity index (χ0) is 18.4. The number of halogens is 1. The van der Waals surface area contributed by atoms with Crippen molar-refractivity contribution in [2.24, 2.45) is 0 Å². The highest BCUT2D eigenvalue weighted by Crippen LogP contribution is 2.20. The Morgan fingerprint density at radius 1 is 1.04 bits per heavy atom. The monoisotopic (exact) mass is 365 g/mol. The number of sulfonamides is 1. The Hall–Kier alpha value is -1.92. The van der Waals surface area contributed by atoms with Crippen LogP contribution in [-0.2, 0) is 16.6 Å². The number of rotatable bonds is 8. The van der Waals surface area contributed by atoms with Crippen molar-refractivity contribution in [1.82, 2.24) is 4.72 Å². The lowest BCUT2D eigenvalue weighted by Gasteiger charge is -2.15. The average molecular weight is 365 g/mol. The number of hydrogen-bond acceptors (Lipinski definition) is 3. The molecule has 4 nitrogen and oxygen atoms in total. The van der Waals surface area contributed by atoms with Crippen LogP contribution in [0.2, 0.25) is 0 Å². The zero-order valence-corrected chi connectivity index (χ0v) is 15.5. The van der Waals surface area contributed by atoms with Gasteiger partial charge in [-0.15, -0.1) is 0 Å². The van der Waals surface area contributed by atoms with Crippen LogP contribution in [0.15, 0.2) is 48.5 Å². The van der Waals surface area contributed by atoms with E-state index in [9.17, 15) is 12.8 Å². The molecule has 0 aliphatic rings. The van der Waals surface area contributed by atoms with Gasteiger partial charge in [-0.2, -0.15) is 0 Å². The van der Waals surface area contributed by atoms with E-state index < -0.39 is 15.3 Å². The van der Waals surface area contributed by atoms with Gasteiger partial charge in [0, 0.05) is 12.1 Å². The van der Waals surface area contributed by atoms with Crippen molar-refractivity contribution < 1.29 is 17.5 Å². The smallest absolute Gasteiger partial charge is 0.213 e. The Kier molecular flexibility index (Phi) is 6.56. The van der Waals surface area contributed by atoms with Gasteiger partial charge in [0.1, 0.15) is 18.2 Å². The Labute approximate surface area is 149 Å². The molecule has 0 spiro atoms. The van der Waals surface area contributed by atoms with Gasteiger partial charge in [0.25, 0.3) is 0 Å². The van der Waals surface area contributed by atoms with Crippen LogP contribution < -0.4 is 9.46 Å². The Morgan fingerprint density at radius 2 is 1.68 bits per heavy atom. The summed E-state index contributed by atoms with van der Waals surface area (Å²) in [6.07, 6.45) is 0. The number of nitrogens with one attached hydrogen (secondary N) is 1. The first kappa shape index (κ1) is 19.4. The number of benzene rings is 2. The summed E-state index contributed by atoms with van der Waals surface area (Å²) in [5, 5.41) is -0.450. The van der Waals surface area contributed by atoms with Gasteiger partial charge >= 0.3 is 0 Å². The normalized spacial score (nSPS) is 13.0. The third-order valence-electron chi connectivity index (χ3n) is 4.01. The molecule has 136 valence electrons. The highest BCUT2D eigenvalue weighted by molar-refractivity contribution is 7.90. The number of ether oxygens (including phenoxy) is 1. The predicted molar refractivity (Wildman–Crippen MR) is 97.6 cm³/mol. The van der Waals surface area contributed by atoms with Crippen LogP contribution in [0, 0.1) is 5.82 Å². The third-order valence-corrected chi connectivity index (χ3v) is 5.82. The van der Waals surface area contributed by atoms with Crippen molar-refractivity contribution >= 4 is 10.0 Å². The minimum atomic E-state index is -3.26. The van der Waals surface area contributed by atoms with Crippen LogP contribution in [0.3, 0.4) is 0 Å². The largest absolute Gasteiger partial charge is 0.489 e. The van der Waals surface area contributed by atoms with Crippen molar-refractivity contribution in [2.75, 3.05) is 6.54 Å². The molecule has 0 aromatic heterocycles. The molecule has 2 aromatic carbocycles. The van der Waals surface area contributed by atoms with Crippen molar-refractivity contribution in [3.05, 3.63) is 65.5 Å². The molecule has 2 aromatic rings. The maximum atomic E-state index is 13.6. The molecule has 0 aliphatic heterocycles. The topological polar surface area (TPSA) is 55.4 Å². The summed E-state index contributed by atoms with van der Waals surface area (Å²) in [7, 11) is -3.26. The minimum Gasteiger partial charge on any atom is -0.489 e. The summed E-state index contributed by atoms with van der Waals surface area (Å²) in [4.78, 5) is 0. The summed E-state index contributed by atoms with van der Waals surface area (Å²) in [5.74, 6) is 0.390. The SMILES string of the molecule is CC(CNS(=O)(=O)C(C)C)c1ccc(OCc2ccccc2F)cc1. The third kappa shape index (κ3) is 5.54. The molecule has 0 saturated carbocycles. The second kappa shape index (κ2) is 8.45. The fourth-order valence-electron chi connectivity index (χ4n) is 2.19. The van der Waals surface area contributed by atoms with Gasteiger partial charge < -0.3 is 4.74 Å². The van der Waals surface area contributed by atoms with Crippen LogP contribution in [0.4, 0.5) is 4.39 Å². The summed E-state index contributed by atoms with van der Waals surface area (Å²) in [5.41, 5.74) is 1.51. The zero-order valence-electron chi connectivity index (χ0n) is 14.7. The highest BCUT2D eigenvalue weighted by atomic mass is 32.2. The van der Waals surface area contributed by atoms with Gasteiger partial charge in [0.15, 0.2) is 0 Å². The molecule has 0 saturated heterocycles. The molecule has 1 N–H and O–H groups in total. The fourth-order valence-corrected chi connectivity index (χ4v) is 3.01. The van der Waals surface area contributed by atoms with E-state index in [4.69, 9.17) is 4.74 Å². The highest BCUT2D eigenvalue weighted by Gasteiger charge is 2.17. The first-order chi connectivity index (χ1) is 11.8. The van der Waals surface area contributed by atoms with E-state index >= 15 is 0 Å². The van der Waals surface area contributed by atoms with Gasteiger partial charge in [-0.05, 0) is 43.5 Å². The summed E-state index contributed by atoms with van der Waals surface area (Å²) in [6, 6.07) is 13.9. The fraction of sp³-hybridized carbons (Fsp3) is 0.368. The van der Waals surface area contributed by atoms with E-state index in [1.165, 1.54) is 6.07 Å². The maximum absolute atomic E-state index is 13.6. The van der Waals surface area contributed by atoms with E-state index in [1.807, 2.05) is 31.2 Å². The molecule has 6 heteroatoms. The molecule has 25 heavy (non-hydrogen) atoms. The van der Waals surface area contributed by atoms with Crippen LogP contribution in [0.5, 0.6) is 5.75 Å². The lowest BCUT2D eigenvalue weighted by Crippen LogP contribution is -2.33. The molecule has 0 amide bonds. The first-order valence-electron chi connectivity index (χ1n) is 8.24. The summed E-state index contributed by atoms with van der Waals surface area (Å²) >= 11 is 0. The average Bonchev–Trinajstić information content (AvgIpc) is 2.59. The van der Waals surface area contributed by atoms with Crippen LogP contribution in [0.25, 0.3) is 0 Å². The van der Waals surface area contributed by atoms with Gasteiger partial charge in [-0.25, -0.2) is 17.5 Å². The molecule has 0 heterocycles. The van der Waals surface area contributed by atoms with E-state index in [-0.39, 0.29) is 18.3 Å². The summed E-state index contributed by atoms with van der Waals surface area (Å²) < 4.78 is 45.4. The Morgan fingerprint density at radius 3 is 2.28 bits per heavy atom. The van der Waals surface area contributed by atoms with Crippen molar-refractivity contribution in [1.29, 1.82) is 0 Å². The second-order valence-corrected chi connectivity index (χ2v) is 8.61. The van der Waals surface area contributed by atoms with E-state index in [1.54, 1.807) is 32.0 Å². The minimum absolute atomic E-state index is 0.0362. The van der Waals surface area contributed by atoms with Crippen molar-refractivity contribution in [3.8, 4) is 5.75 Å². The molecule has 1 unspecified atom stereocenters. The van der Waals surface area contributed by atoms with Gasteiger partial charge in [0.2, 0.25) is 10.0 Å². The molecule has 2 rings (SSSR count). The lowest BCUT2D eigenvalue weighted by atomic mass is 10.0. The molecule has 0 bridgehead atoms. The molecular formula is C19H24FNO3S. The maximum Gasteiger partial charge on any atom is 0.213 e. The van der Waals surface area contributed by atoms with Crippen LogP contribution >= 0.6 is 0 Å². The van der Waals surface area contributed by atoms with Gasteiger partial charge in [-0.3, -0.25) is 0 Å². The predicted octanol–water partition coefficient (Wildman–Crippen LogP) is 3.84. The van der Waals surface area contributed by atoms with Crippen molar-refractivity contribution in [3.63, 3.8) is 0 Å². The van der Waals surface area contributed by atoms with E-state index in [0.29, 0.717) is 17.9 Å². The molecule has 1 atom stereocenters. The van der Waals surface area contributed by atoms with Gasteiger partial charge in [-0.1, -0.05) is 37.3 Å². The number of hydrogen-bond donors (Lipinski definition) is 1. The first-order valence-corrected chi connectivity index (χ1v) is 9.79. The standard InChI is InChI=1S/C19H24FNO3S/c1-14(2)25(22,23)21-12-15(3)16-8-10-18(11-9-16)24-13-17-6-4-5-7-19(17)20/h4-11,14-15,21H,12-13H2,1-3H3. The summed E-state index contributed by atoms with van der Waals surface area (Å²) in [6.45, 7) is 5.76. The Bertz CT molecular complexity index is 789. The second-order valence-electron chi connectivity index (χ2n) is 6.29. The van der Waals surface area contributed by atoms with Gasteiger partial charge in [0.05, 0.1) is 5.25 Å². The van der Waals surface area contributed by atoms with Crippen LogP contribution in [-0.4, -0.2) is 20.2 Å². The lowest BCUT2D eigenvalue weighted by molar-refractivity contribution is 0.299. The molecule has 0 fully saturated rings. The molecular weight excluding hydrogens is 341 g/mol. The molecule has 0 radical (unpaired) electrons. The van der Waals surface area contributed by atoms with E-state index in [2.05, 4.69) is 4.72 Å². The molecule has 0 aliphatic carbocycles.